The molecule has 0 bridgehead atoms. The van der Waals surface area contributed by atoms with Crippen molar-refractivity contribution in [1.82, 2.24) is 0 Å². The van der Waals surface area contributed by atoms with Gasteiger partial charge in [0.05, 0.1) is 0 Å². The van der Waals surface area contributed by atoms with Gasteiger partial charge in [-0.25, -0.2) is 0 Å². The molecular weight excluding hydrogens is 120 g/mol. The van der Waals surface area contributed by atoms with E-state index >= 15 is 0 Å². The van der Waals surface area contributed by atoms with E-state index in [1.807, 2.05) is 0 Å². The Hall–Kier alpha value is -0.520. The average Bonchev–Trinajstić information content (AvgIpc) is 1.87. The van der Waals surface area contributed by atoms with Crippen LogP contribution in [0.25, 0.3) is 0 Å². The topological polar surface area (TPSA) is 0 Å². The maximum Gasteiger partial charge on any atom is -0.00892 e. The summed E-state index contributed by atoms with van der Waals surface area (Å²) in [6.45, 7) is 6.29. The van der Waals surface area contributed by atoms with Gasteiger partial charge in [0, 0.05) is 0 Å². The second-order valence-corrected chi connectivity index (χ2v) is 2.63. The van der Waals surface area contributed by atoms with Crippen LogP contribution in [0.3, 0.4) is 0 Å². The molecule has 0 heteroatoms. The monoisotopic (exact) mass is 137 g/mol. The van der Waals surface area contributed by atoms with Crippen LogP contribution in [0.5, 0.6) is 0 Å². The van der Waals surface area contributed by atoms with Crippen molar-refractivity contribution >= 4 is 0 Å². The summed E-state index contributed by atoms with van der Waals surface area (Å²) in [6, 6.07) is 0. The van der Waals surface area contributed by atoms with E-state index in [2.05, 4.69) is 45.1 Å². The van der Waals surface area contributed by atoms with E-state index < -0.39 is 0 Å². The molecule has 0 saturated carbocycles. The van der Waals surface area contributed by atoms with E-state index in [0.29, 0.717) is 0 Å². The first kappa shape index (κ1) is 9.48. The van der Waals surface area contributed by atoms with Gasteiger partial charge in [-0.1, -0.05) is 38.2 Å². The van der Waals surface area contributed by atoms with Crippen molar-refractivity contribution in [1.29, 1.82) is 0 Å². The van der Waals surface area contributed by atoms with Crippen LogP contribution in [-0.4, -0.2) is 0 Å². The van der Waals surface area contributed by atoms with Gasteiger partial charge in [0.15, 0.2) is 0 Å². The third-order valence-corrected chi connectivity index (χ3v) is 1.19. The molecule has 0 fully saturated rings. The molecule has 0 aliphatic carbocycles. The molecule has 0 aromatic carbocycles. The number of hydrogen-bond acceptors (Lipinski definition) is 0. The van der Waals surface area contributed by atoms with Gasteiger partial charge >= 0.3 is 0 Å². The molecule has 0 aromatic rings. The van der Waals surface area contributed by atoms with E-state index in [1.165, 1.54) is 12.3 Å². The van der Waals surface area contributed by atoms with Gasteiger partial charge in [0.2, 0.25) is 0 Å². The number of hydrogen-bond donors (Lipinski definition) is 0. The Labute approximate surface area is 64.6 Å². The lowest BCUT2D eigenvalue weighted by Crippen LogP contribution is -1.73. The standard InChI is InChI=1S/C10H17/c1-4-5-6-7-8-9-10(2)3/h4-5,8-9H,6-7H2,1-3H3/b5-4?,9-8+. The SMILES string of the molecule is CC=CCC/C=C/[C](C)C. The minimum atomic E-state index is 1.16. The van der Waals surface area contributed by atoms with Gasteiger partial charge in [0.1, 0.15) is 0 Å². The molecule has 57 valence electrons. The van der Waals surface area contributed by atoms with E-state index in [0.717, 1.165) is 6.42 Å². The van der Waals surface area contributed by atoms with Gasteiger partial charge in [0.25, 0.3) is 0 Å². The van der Waals surface area contributed by atoms with Gasteiger partial charge in [-0.2, -0.15) is 0 Å². The summed E-state index contributed by atoms with van der Waals surface area (Å²) in [5, 5.41) is 0. The molecule has 0 amide bonds. The maximum absolute atomic E-state index is 2.22. The fourth-order valence-corrected chi connectivity index (χ4v) is 0.678. The van der Waals surface area contributed by atoms with Crippen molar-refractivity contribution in [2.75, 3.05) is 0 Å². The van der Waals surface area contributed by atoms with E-state index in [1.54, 1.807) is 0 Å². The molecule has 0 aromatic heterocycles. The lowest BCUT2D eigenvalue weighted by atomic mass is 10.2. The molecule has 0 heterocycles. The summed E-state index contributed by atoms with van der Waals surface area (Å²) in [5.74, 6) is 1.38. The molecule has 0 saturated heterocycles. The van der Waals surface area contributed by atoms with Crippen LogP contribution in [0.2, 0.25) is 0 Å². The summed E-state index contributed by atoms with van der Waals surface area (Å²) < 4.78 is 0. The second kappa shape index (κ2) is 6.60. The first-order valence-electron chi connectivity index (χ1n) is 3.85. The number of unbranched alkanes of at least 4 members (excludes halogenated alkanes) is 1. The highest BCUT2D eigenvalue weighted by Crippen LogP contribution is 1.99. The van der Waals surface area contributed by atoms with Crippen LogP contribution in [0.4, 0.5) is 0 Å². The Morgan fingerprint density at radius 3 is 2.20 bits per heavy atom. The maximum atomic E-state index is 2.22. The quantitative estimate of drug-likeness (QED) is 0.411. The summed E-state index contributed by atoms with van der Waals surface area (Å²) in [4.78, 5) is 0. The molecule has 0 unspecified atom stereocenters. The lowest BCUT2D eigenvalue weighted by Gasteiger charge is -1.90. The first-order valence-corrected chi connectivity index (χ1v) is 3.85. The van der Waals surface area contributed by atoms with Crippen molar-refractivity contribution in [2.45, 2.75) is 33.6 Å². The summed E-state index contributed by atoms with van der Waals surface area (Å²) in [6.07, 6.45) is 11.0. The molecule has 10 heavy (non-hydrogen) atoms. The van der Waals surface area contributed by atoms with E-state index in [9.17, 15) is 0 Å². The van der Waals surface area contributed by atoms with Crippen molar-refractivity contribution in [3.63, 3.8) is 0 Å². The molecule has 0 rings (SSSR count). The van der Waals surface area contributed by atoms with Crippen LogP contribution >= 0.6 is 0 Å². The van der Waals surface area contributed by atoms with Crippen LogP contribution in [0.15, 0.2) is 24.3 Å². The van der Waals surface area contributed by atoms with Gasteiger partial charge < -0.3 is 0 Å². The Morgan fingerprint density at radius 1 is 1.10 bits per heavy atom. The van der Waals surface area contributed by atoms with Crippen molar-refractivity contribution < 1.29 is 0 Å². The normalized spacial score (nSPS) is 12.4. The van der Waals surface area contributed by atoms with Gasteiger partial charge in [-0.05, 0) is 25.7 Å². The Bertz CT molecular complexity index is 107. The fraction of sp³-hybridized carbons (Fsp3) is 0.500. The fourth-order valence-electron chi connectivity index (χ4n) is 0.678. The molecule has 0 atom stereocenters. The first-order chi connectivity index (χ1) is 4.77. The zero-order chi connectivity index (χ0) is 7.82. The van der Waals surface area contributed by atoms with Crippen LogP contribution in [0, 0.1) is 5.92 Å². The molecule has 1 radical (unpaired) electrons. The lowest BCUT2D eigenvalue weighted by molar-refractivity contribution is 1.04. The number of rotatable bonds is 4. The Morgan fingerprint density at radius 2 is 1.70 bits per heavy atom. The zero-order valence-electron chi connectivity index (χ0n) is 7.22. The molecule has 0 aliphatic heterocycles. The highest BCUT2D eigenvalue weighted by atomic mass is 13.9. The van der Waals surface area contributed by atoms with Gasteiger partial charge in [-0.3, -0.25) is 0 Å². The third-order valence-electron chi connectivity index (χ3n) is 1.19. The predicted octanol–water partition coefficient (Wildman–Crippen LogP) is 3.51. The van der Waals surface area contributed by atoms with Gasteiger partial charge in [-0.15, -0.1) is 0 Å². The number of allylic oxidation sites excluding steroid dienone is 4. The largest absolute Gasteiger partial charge is 0.0917 e. The summed E-state index contributed by atoms with van der Waals surface area (Å²) in [7, 11) is 0. The second-order valence-electron chi connectivity index (χ2n) is 2.63. The van der Waals surface area contributed by atoms with E-state index in [-0.39, 0.29) is 0 Å². The molecule has 0 nitrogen and oxygen atoms in total. The van der Waals surface area contributed by atoms with Crippen LogP contribution < -0.4 is 0 Å². The highest BCUT2D eigenvalue weighted by molar-refractivity contribution is 5.03. The smallest absolute Gasteiger partial charge is 0.00892 e. The zero-order valence-corrected chi connectivity index (χ0v) is 7.22. The van der Waals surface area contributed by atoms with E-state index in [4.69, 9.17) is 0 Å². The molecular formula is C10H17. The van der Waals surface area contributed by atoms with Crippen LogP contribution in [-0.2, 0) is 0 Å². The van der Waals surface area contributed by atoms with Crippen molar-refractivity contribution in [3.8, 4) is 0 Å². The average molecular weight is 137 g/mol. The van der Waals surface area contributed by atoms with Crippen molar-refractivity contribution in [2.24, 2.45) is 0 Å². The molecule has 0 N–H and O–H groups in total. The summed E-state index contributed by atoms with van der Waals surface area (Å²) >= 11 is 0. The molecule has 0 aliphatic rings. The minimum Gasteiger partial charge on any atom is -0.0917 e. The summed E-state index contributed by atoms with van der Waals surface area (Å²) in [5.41, 5.74) is 0. The highest BCUT2D eigenvalue weighted by Gasteiger charge is 1.82. The Balaban J connectivity index is 3.18. The third kappa shape index (κ3) is 7.48. The van der Waals surface area contributed by atoms with Crippen LogP contribution in [0.1, 0.15) is 33.6 Å². The van der Waals surface area contributed by atoms with Crippen molar-refractivity contribution in [3.05, 3.63) is 30.2 Å². The Kier molecular flexibility index (Phi) is 6.25. The molecule has 0 spiro atoms. The minimum absolute atomic E-state index is 1.16. The predicted molar refractivity (Wildman–Crippen MR) is 47.8 cm³/mol.